The lowest BCUT2D eigenvalue weighted by atomic mass is 9.83. The Labute approximate surface area is 161 Å². The molecule has 1 aliphatic carbocycles. The van der Waals surface area contributed by atoms with Crippen LogP contribution in [0.15, 0.2) is 101 Å². The summed E-state index contributed by atoms with van der Waals surface area (Å²) in [6.45, 7) is 0. The van der Waals surface area contributed by atoms with Crippen LogP contribution in [0.5, 0.6) is 5.75 Å². The van der Waals surface area contributed by atoms with Gasteiger partial charge in [0.2, 0.25) is 0 Å². The van der Waals surface area contributed by atoms with Crippen molar-refractivity contribution in [2.75, 3.05) is 0 Å². The SMILES string of the molecule is [O-]C1=C(C=C2C=COc3ccccc32)C(O)C1=Cc1cc[o+]c2ccccc12. The van der Waals surface area contributed by atoms with Crippen LogP contribution in [-0.4, -0.2) is 11.2 Å². The Bertz CT molecular complexity index is 1210. The van der Waals surface area contributed by atoms with Crippen LogP contribution in [0.25, 0.3) is 22.6 Å². The molecule has 2 heterocycles. The molecule has 0 amide bonds. The van der Waals surface area contributed by atoms with Crippen LogP contribution in [0.2, 0.25) is 0 Å². The van der Waals surface area contributed by atoms with Crippen molar-refractivity contribution < 1.29 is 19.4 Å². The zero-order valence-corrected chi connectivity index (χ0v) is 14.8. The standard InChI is InChI=1S/C24H16O4/c25-23-19(13-15-9-11-27-21-7-3-1-5-17(15)21)24(26)20(23)14-16-10-12-28-22-8-4-2-6-18(16)22/h1-14,23,25H. The third-order valence-corrected chi connectivity index (χ3v) is 5.02. The number of aliphatic hydroxyl groups is 1. The molecule has 1 aliphatic heterocycles. The molecule has 0 radical (unpaired) electrons. The van der Waals surface area contributed by atoms with Gasteiger partial charge in [-0.25, -0.2) is 4.42 Å². The molecule has 1 N–H and O–H groups in total. The first kappa shape index (κ1) is 16.5. The molecule has 2 aromatic carbocycles. The number of rotatable bonds is 2. The molecule has 1 atom stereocenters. The Hall–Kier alpha value is -3.63. The van der Waals surface area contributed by atoms with Crippen molar-refractivity contribution in [1.82, 2.24) is 0 Å². The summed E-state index contributed by atoms with van der Waals surface area (Å²) in [5, 5.41) is 24.2. The van der Waals surface area contributed by atoms with E-state index in [4.69, 9.17) is 9.15 Å². The zero-order valence-electron chi connectivity index (χ0n) is 14.8. The third kappa shape index (κ3) is 2.63. The molecular formula is C24H16O4. The molecule has 0 saturated carbocycles. The molecule has 28 heavy (non-hydrogen) atoms. The normalized spacial score (nSPS) is 21.0. The summed E-state index contributed by atoms with van der Waals surface area (Å²) in [7, 11) is 0. The maximum Gasteiger partial charge on any atom is 0.360 e. The highest BCUT2D eigenvalue weighted by molar-refractivity contribution is 5.88. The predicted octanol–water partition coefficient (Wildman–Crippen LogP) is 4.08. The second-order valence-corrected chi connectivity index (χ2v) is 6.68. The molecule has 4 nitrogen and oxygen atoms in total. The summed E-state index contributed by atoms with van der Waals surface area (Å²) in [6.07, 6.45) is 7.52. The molecule has 0 saturated heterocycles. The smallest absolute Gasteiger partial charge is 0.360 e. The average Bonchev–Trinajstić information content (AvgIpc) is 2.75. The van der Waals surface area contributed by atoms with Gasteiger partial charge in [0.05, 0.1) is 11.6 Å². The maximum atomic E-state index is 12.7. The van der Waals surface area contributed by atoms with Crippen molar-refractivity contribution in [2.24, 2.45) is 0 Å². The summed E-state index contributed by atoms with van der Waals surface area (Å²) in [5.74, 6) is 0.579. The van der Waals surface area contributed by atoms with Crippen LogP contribution >= 0.6 is 0 Å². The molecule has 3 aromatic rings. The van der Waals surface area contributed by atoms with Gasteiger partial charge in [0.25, 0.3) is 0 Å². The Morgan fingerprint density at radius 1 is 1.00 bits per heavy atom. The predicted molar refractivity (Wildman–Crippen MR) is 106 cm³/mol. The molecule has 0 bridgehead atoms. The summed E-state index contributed by atoms with van der Waals surface area (Å²) < 4.78 is 11.0. The van der Waals surface area contributed by atoms with Crippen LogP contribution in [0.4, 0.5) is 0 Å². The van der Waals surface area contributed by atoms with Crippen molar-refractivity contribution in [2.45, 2.75) is 6.10 Å². The lowest BCUT2D eigenvalue weighted by Gasteiger charge is -2.36. The summed E-state index contributed by atoms with van der Waals surface area (Å²) >= 11 is 0. The number of ether oxygens (including phenoxy) is 1. The first-order valence-corrected chi connectivity index (χ1v) is 8.97. The number of allylic oxidation sites excluding steroid dienone is 2. The molecule has 0 spiro atoms. The first-order valence-electron chi connectivity index (χ1n) is 8.97. The Morgan fingerprint density at radius 3 is 2.71 bits per heavy atom. The summed E-state index contributed by atoms with van der Waals surface area (Å²) in [5.41, 5.74) is 4.07. The largest absolute Gasteiger partial charge is 0.872 e. The number of benzene rings is 2. The minimum atomic E-state index is -0.917. The van der Waals surface area contributed by atoms with Gasteiger partial charge < -0.3 is 14.9 Å². The number of para-hydroxylation sites is 2. The molecular weight excluding hydrogens is 352 g/mol. The third-order valence-electron chi connectivity index (χ3n) is 5.02. The maximum absolute atomic E-state index is 12.7. The topological polar surface area (TPSA) is 63.8 Å². The molecule has 1 aromatic heterocycles. The van der Waals surface area contributed by atoms with Crippen LogP contribution in [0.3, 0.4) is 0 Å². The van der Waals surface area contributed by atoms with E-state index in [9.17, 15) is 10.2 Å². The van der Waals surface area contributed by atoms with Crippen LogP contribution < -0.4 is 9.84 Å². The fraction of sp³-hybridized carbons (Fsp3) is 0.0417. The van der Waals surface area contributed by atoms with Crippen LogP contribution in [0, 0.1) is 0 Å². The van der Waals surface area contributed by atoms with Gasteiger partial charge in [-0.05, 0) is 47.1 Å². The highest BCUT2D eigenvalue weighted by atomic mass is 16.5. The minimum absolute atomic E-state index is 0.151. The Balaban J connectivity index is 1.55. The Kier molecular flexibility index (Phi) is 3.85. The van der Waals surface area contributed by atoms with Crippen LogP contribution in [0.1, 0.15) is 11.1 Å². The van der Waals surface area contributed by atoms with E-state index in [-0.39, 0.29) is 5.76 Å². The average molecular weight is 368 g/mol. The second-order valence-electron chi connectivity index (χ2n) is 6.68. The number of hydrogen-bond acceptors (Lipinski definition) is 3. The van der Waals surface area contributed by atoms with E-state index in [1.54, 1.807) is 36.8 Å². The molecule has 2 aliphatic rings. The van der Waals surface area contributed by atoms with Crippen molar-refractivity contribution in [1.29, 1.82) is 0 Å². The van der Waals surface area contributed by atoms with E-state index in [0.29, 0.717) is 11.1 Å². The monoisotopic (exact) mass is 368 g/mol. The summed E-state index contributed by atoms with van der Waals surface area (Å²) in [4.78, 5) is 0. The van der Waals surface area contributed by atoms with E-state index in [0.717, 1.165) is 33.4 Å². The van der Waals surface area contributed by atoms with Gasteiger partial charge in [0, 0.05) is 23.3 Å². The fourth-order valence-corrected chi connectivity index (χ4v) is 3.54. The van der Waals surface area contributed by atoms with Gasteiger partial charge in [-0.1, -0.05) is 36.1 Å². The van der Waals surface area contributed by atoms with Crippen molar-refractivity contribution >= 4 is 22.6 Å². The van der Waals surface area contributed by atoms with Crippen molar-refractivity contribution in [3.63, 3.8) is 0 Å². The fourth-order valence-electron chi connectivity index (χ4n) is 3.54. The van der Waals surface area contributed by atoms with Gasteiger partial charge in [-0.15, -0.1) is 0 Å². The Morgan fingerprint density at radius 2 is 1.82 bits per heavy atom. The van der Waals surface area contributed by atoms with E-state index < -0.39 is 6.10 Å². The van der Waals surface area contributed by atoms with Gasteiger partial charge >= 0.3 is 11.8 Å². The summed E-state index contributed by atoms with van der Waals surface area (Å²) in [6, 6.07) is 17.0. The van der Waals surface area contributed by atoms with Crippen LogP contribution in [-0.2, 0) is 0 Å². The van der Waals surface area contributed by atoms with Gasteiger partial charge in [0.15, 0.2) is 0 Å². The first-order chi connectivity index (χ1) is 13.7. The van der Waals surface area contributed by atoms with E-state index in [1.807, 2.05) is 48.5 Å². The highest BCUT2D eigenvalue weighted by Crippen LogP contribution is 2.38. The second kappa shape index (κ2) is 6.51. The van der Waals surface area contributed by atoms with Gasteiger partial charge in [0.1, 0.15) is 11.9 Å². The quantitative estimate of drug-likeness (QED) is 0.693. The van der Waals surface area contributed by atoms with Gasteiger partial charge in [-0.2, -0.15) is 0 Å². The van der Waals surface area contributed by atoms with Gasteiger partial charge in [-0.3, -0.25) is 0 Å². The highest BCUT2D eigenvalue weighted by Gasteiger charge is 2.27. The van der Waals surface area contributed by atoms with E-state index in [1.165, 1.54) is 0 Å². The molecule has 4 heteroatoms. The molecule has 5 rings (SSSR count). The van der Waals surface area contributed by atoms with E-state index in [2.05, 4.69) is 0 Å². The molecule has 0 fully saturated rings. The molecule has 1 unspecified atom stereocenters. The number of fused-ring (bicyclic) bond motifs is 2. The molecule has 136 valence electrons. The van der Waals surface area contributed by atoms with Crippen molar-refractivity contribution in [3.05, 3.63) is 107 Å². The lowest BCUT2D eigenvalue weighted by Crippen LogP contribution is -2.33. The lowest BCUT2D eigenvalue weighted by molar-refractivity contribution is -0.305. The number of hydrogen-bond donors (Lipinski definition) is 1. The minimum Gasteiger partial charge on any atom is -0.872 e. The number of aliphatic hydroxyl groups excluding tert-OH is 1. The van der Waals surface area contributed by atoms with E-state index >= 15 is 0 Å². The van der Waals surface area contributed by atoms with Crippen molar-refractivity contribution in [3.8, 4) is 5.75 Å². The zero-order chi connectivity index (χ0) is 19.1.